The zero-order valence-corrected chi connectivity index (χ0v) is 8.71. The molecule has 2 aromatic rings. The Bertz CT molecular complexity index is 586. The first-order valence-electron chi connectivity index (χ1n) is 4.80. The number of carbonyl (C=O) groups is 2. The van der Waals surface area contributed by atoms with Crippen LogP contribution in [-0.4, -0.2) is 17.4 Å². The lowest BCUT2D eigenvalue weighted by Gasteiger charge is -2.06. The molecule has 0 amide bonds. The number of hydrogen-bond donors (Lipinski definition) is 2. The maximum absolute atomic E-state index is 11.1. The molecule has 5 heteroatoms. The molecule has 3 N–H and O–H groups in total. The van der Waals surface area contributed by atoms with Gasteiger partial charge in [-0.1, -0.05) is 6.07 Å². The van der Waals surface area contributed by atoms with E-state index in [0.29, 0.717) is 6.29 Å². The van der Waals surface area contributed by atoms with Gasteiger partial charge in [-0.05, 0) is 24.3 Å². The summed E-state index contributed by atoms with van der Waals surface area (Å²) in [7, 11) is 0. The number of anilines is 1. The molecule has 0 fully saturated rings. The van der Waals surface area contributed by atoms with Crippen LogP contribution < -0.4 is 5.73 Å². The van der Waals surface area contributed by atoms with Gasteiger partial charge in [0.05, 0.1) is 11.1 Å². The summed E-state index contributed by atoms with van der Waals surface area (Å²) in [6.45, 7) is 0. The molecule has 2 rings (SSSR count). The van der Waals surface area contributed by atoms with E-state index in [2.05, 4.69) is 0 Å². The highest BCUT2D eigenvalue weighted by atomic mass is 16.4. The van der Waals surface area contributed by atoms with Crippen molar-refractivity contribution in [1.82, 2.24) is 0 Å². The van der Waals surface area contributed by atoms with Crippen LogP contribution in [0.2, 0.25) is 0 Å². The van der Waals surface area contributed by atoms with Gasteiger partial charge < -0.3 is 15.3 Å². The monoisotopic (exact) mass is 231 g/mol. The normalized spacial score (nSPS) is 10.1. The van der Waals surface area contributed by atoms with Crippen molar-refractivity contribution in [2.24, 2.45) is 0 Å². The third-order valence-electron chi connectivity index (χ3n) is 2.32. The molecule has 0 spiro atoms. The van der Waals surface area contributed by atoms with Crippen LogP contribution in [0.4, 0.5) is 5.69 Å². The first-order valence-corrected chi connectivity index (χ1v) is 4.80. The van der Waals surface area contributed by atoms with Crippen LogP contribution in [-0.2, 0) is 0 Å². The molecule has 0 aliphatic heterocycles. The van der Waals surface area contributed by atoms with Crippen molar-refractivity contribution in [1.29, 1.82) is 0 Å². The predicted molar refractivity (Wildman–Crippen MR) is 60.9 cm³/mol. The van der Waals surface area contributed by atoms with Gasteiger partial charge >= 0.3 is 5.97 Å². The number of furan rings is 1. The van der Waals surface area contributed by atoms with Gasteiger partial charge in [-0.2, -0.15) is 0 Å². The van der Waals surface area contributed by atoms with Gasteiger partial charge in [0.25, 0.3) is 0 Å². The van der Waals surface area contributed by atoms with E-state index in [4.69, 9.17) is 15.3 Å². The summed E-state index contributed by atoms with van der Waals surface area (Å²) < 4.78 is 5.18. The number of nitrogen functional groups attached to an aromatic ring is 1. The van der Waals surface area contributed by atoms with Crippen molar-refractivity contribution in [2.45, 2.75) is 0 Å². The molecule has 0 saturated heterocycles. The van der Waals surface area contributed by atoms with E-state index in [1.807, 2.05) is 0 Å². The Hall–Kier alpha value is -2.56. The summed E-state index contributed by atoms with van der Waals surface area (Å²) in [5.74, 6) is -0.710. The minimum Gasteiger partial charge on any atom is -0.478 e. The van der Waals surface area contributed by atoms with Crippen molar-refractivity contribution < 1.29 is 19.1 Å². The third kappa shape index (κ3) is 1.90. The van der Waals surface area contributed by atoms with Gasteiger partial charge in [-0.25, -0.2) is 4.79 Å². The van der Waals surface area contributed by atoms with E-state index in [1.54, 1.807) is 12.1 Å². The van der Waals surface area contributed by atoms with Crippen molar-refractivity contribution in [3.8, 4) is 11.3 Å². The van der Waals surface area contributed by atoms with Crippen LogP contribution in [0, 0.1) is 0 Å². The molecule has 86 valence electrons. The SMILES string of the molecule is Nc1cccc(C(=O)O)c1-c1ccc(C=O)o1. The van der Waals surface area contributed by atoms with E-state index in [9.17, 15) is 9.59 Å². The fourth-order valence-corrected chi connectivity index (χ4v) is 1.57. The number of rotatable bonds is 3. The molecule has 0 saturated carbocycles. The number of aldehydes is 1. The fraction of sp³-hybridized carbons (Fsp3) is 0. The van der Waals surface area contributed by atoms with E-state index in [0.717, 1.165) is 0 Å². The Morgan fingerprint density at radius 1 is 1.29 bits per heavy atom. The molecule has 0 bridgehead atoms. The average molecular weight is 231 g/mol. The lowest BCUT2D eigenvalue weighted by Crippen LogP contribution is -2.02. The van der Waals surface area contributed by atoms with Crippen LogP contribution in [0.3, 0.4) is 0 Å². The van der Waals surface area contributed by atoms with Crippen molar-refractivity contribution in [3.05, 3.63) is 41.7 Å². The molecule has 0 unspecified atom stereocenters. The fourth-order valence-electron chi connectivity index (χ4n) is 1.57. The zero-order valence-electron chi connectivity index (χ0n) is 8.71. The van der Waals surface area contributed by atoms with Crippen LogP contribution in [0.25, 0.3) is 11.3 Å². The molecule has 1 aromatic carbocycles. The molecule has 0 aliphatic carbocycles. The number of hydrogen-bond acceptors (Lipinski definition) is 4. The van der Waals surface area contributed by atoms with Gasteiger partial charge in [0, 0.05) is 5.69 Å². The topological polar surface area (TPSA) is 93.5 Å². The summed E-state index contributed by atoms with van der Waals surface area (Å²) >= 11 is 0. The molecule has 5 nitrogen and oxygen atoms in total. The summed E-state index contributed by atoms with van der Waals surface area (Å²) in [5, 5.41) is 9.05. The molecular formula is C12H9NO4. The Kier molecular flexibility index (Phi) is 2.66. The predicted octanol–water partition coefficient (Wildman–Crippen LogP) is 2.04. The summed E-state index contributed by atoms with van der Waals surface area (Å²) in [6.07, 6.45) is 0.545. The number of benzene rings is 1. The second-order valence-electron chi connectivity index (χ2n) is 3.39. The zero-order chi connectivity index (χ0) is 12.4. The summed E-state index contributed by atoms with van der Waals surface area (Å²) in [6, 6.07) is 7.52. The molecule has 0 radical (unpaired) electrons. The smallest absolute Gasteiger partial charge is 0.336 e. The maximum Gasteiger partial charge on any atom is 0.336 e. The second kappa shape index (κ2) is 4.13. The summed E-state index contributed by atoms with van der Waals surface area (Å²) in [4.78, 5) is 21.6. The highest BCUT2D eigenvalue weighted by molar-refractivity contribution is 5.99. The highest BCUT2D eigenvalue weighted by Crippen LogP contribution is 2.31. The first-order chi connectivity index (χ1) is 8.13. The van der Waals surface area contributed by atoms with E-state index in [-0.39, 0.29) is 28.3 Å². The molecular weight excluding hydrogens is 222 g/mol. The number of carboxylic acids is 1. The largest absolute Gasteiger partial charge is 0.478 e. The van der Waals surface area contributed by atoms with Crippen LogP contribution in [0.15, 0.2) is 34.7 Å². The lowest BCUT2D eigenvalue weighted by molar-refractivity contribution is 0.0697. The van der Waals surface area contributed by atoms with Gasteiger partial charge in [0.1, 0.15) is 5.76 Å². The summed E-state index contributed by atoms with van der Waals surface area (Å²) in [5.41, 5.74) is 6.34. The Balaban J connectivity index is 2.64. The Labute approximate surface area is 96.5 Å². The van der Waals surface area contributed by atoms with E-state index >= 15 is 0 Å². The minimum atomic E-state index is -1.10. The van der Waals surface area contributed by atoms with Gasteiger partial charge in [-0.3, -0.25) is 4.79 Å². The van der Waals surface area contributed by atoms with Gasteiger partial charge in [0.2, 0.25) is 0 Å². The highest BCUT2D eigenvalue weighted by Gasteiger charge is 2.17. The average Bonchev–Trinajstić information content (AvgIpc) is 2.76. The number of carboxylic acid groups (broad SMARTS) is 1. The molecule has 17 heavy (non-hydrogen) atoms. The van der Waals surface area contributed by atoms with Gasteiger partial charge in [-0.15, -0.1) is 0 Å². The first kappa shape index (κ1) is 10.9. The number of nitrogens with two attached hydrogens (primary N) is 1. The van der Waals surface area contributed by atoms with Crippen LogP contribution >= 0.6 is 0 Å². The minimum absolute atomic E-state index is 0.0387. The number of aromatic carboxylic acids is 1. The third-order valence-corrected chi connectivity index (χ3v) is 2.32. The Morgan fingerprint density at radius 2 is 2.06 bits per heavy atom. The van der Waals surface area contributed by atoms with Crippen molar-refractivity contribution >= 4 is 17.9 Å². The Morgan fingerprint density at radius 3 is 2.65 bits per heavy atom. The lowest BCUT2D eigenvalue weighted by atomic mass is 10.0. The van der Waals surface area contributed by atoms with E-state index in [1.165, 1.54) is 18.2 Å². The van der Waals surface area contributed by atoms with Crippen LogP contribution in [0.5, 0.6) is 0 Å². The number of carbonyl (C=O) groups excluding carboxylic acids is 1. The van der Waals surface area contributed by atoms with Crippen molar-refractivity contribution in [2.75, 3.05) is 5.73 Å². The van der Waals surface area contributed by atoms with Gasteiger partial charge in [0.15, 0.2) is 12.0 Å². The molecule has 0 atom stereocenters. The molecule has 0 aliphatic rings. The molecule has 1 heterocycles. The quantitative estimate of drug-likeness (QED) is 0.622. The standard InChI is InChI=1S/C12H9NO4/c13-9-3-1-2-8(12(15)16)11(9)10-5-4-7(6-14)17-10/h1-6H,13H2,(H,15,16). The van der Waals surface area contributed by atoms with E-state index < -0.39 is 5.97 Å². The van der Waals surface area contributed by atoms with Crippen molar-refractivity contribution in [3.63, 3.8) is 0 Å². The second-order valence-corrected chi connectivity index (χ2v) is 3.39. The molecule has 1 aromatic heterocycles. The van der Waals surface area contributed by atoms with Crippen LogP contribution in [0.1, 0.15) is 20.9 Å². The maximum atomic E-state index is 11.1.